The van der Waals surface area contributed by atoms with Crippen molar-refractivity contribution in [3.63, 3.8) is 0 Å². The van der Waals surface area contributed by atoms with Gasteiger partial charge in [-0.15, -0.1) is 0 Å². The van der Waals surface area contributed by atoms with E-state index in [0.717, 1.165) is 78.2 Å². The third-order valence-electron chi connectivity index (χ3n) is 12.7. The molecule has 14 rings (SSSR count). The van der Waals surface area contributed by atoms with Crippen molar-refractivity contribution in [3.05, 3.63) is 228 Å². The van der Waals surface area contributed by atoms with Crippen LogP contribution in [0.3, 0.4) is 0 Å². The molecule has 0 saturated carbocycles. The number of fused-ring (bicyclic) bond motifs is 2. The lowest BCUT2D eigenvalue weighted by molar-refractivity contribution is 0.754. The van der Waals surface area contributed by atoms with Crippen LogP contribution in [0.2, 0.25) is 0 Å². The van der Waals surface area contributed by atoms with Crippen LogP contribution in [-0.4, -0.2) is 39.9 Å². The molecule has 0 aliphatic heterocycles. The van der Waals surface area contributed by atoms with Gasteiger partial charge in [-0.25, -0.2) is 19.9 Å². The summed E-state index contributed by atoms with van der Waals surface area (Å²) < 4.78 is 0. The maximum Gasteiger partial charge on any atom is 0.160 e. The first-order chi connectivity index (χ1) is 31.7. The molecule has 3 aliphatic rings. The highest BCUT2D eigenvalue weighted by Gasteiger charge is 2.41. The molecule has 3 aliphatic carbocycles. The molecule has 0 fully saturated rings. The van der Waals surface area contributed by atoms with Crippen molar-refractivity contribution in [1.82, 2.24) is 39.9 Å². The van der Waals surface area contributed by atoms with E-state index in [1.54, 1.807) is 24.8 Å². The van der Waals surface area contributed by atoms with Gasteiger partial charge in [0.25, 0.3) is 0 Å². The van der Waals surface area contributed by atoms with Gasteiger partial charge in [-0.05, 0) is 69.8 Å². The first kappa shape index (κ1) is 36.1. The SMILES string of the molecule is c1ccc(-c2cc(-c3cccc4nccnc34)nc(-c3ccc4c(c3)C3c5ccccc5C4c4cc(-c5nc(-c6ccccc6)cc(-c6cccc7nccnc67)n5)ccc43)n2)cc1. The fourth-order valence-electron chi connectivity index (χ4n) is 9.84. The average Bonchev–Trinajstić information content (AvgIpc) is 3.38. The van der Waals surface area contributed by atoms with Crippen LogP contribution in [0.1, 0.15) is 45.2 Å². The molecule has 2 unspecified atom stereocenters. The Morgan fingerprint density at radius 3 is 1.16 bits per heavy atom. The molecular weight excluding hydrogens is 785 g/mol. The van der Waals surface area contributed by atoms with Crippen LogP contribution in [0.25, 0.3) is 89.9 Å². The Balaban J connectivity index is 0.955. The van der Waals surface area contributed by atoms with Crippen molar-refractivity contribution >= 4 is 22.1 Å². The third-order valence-corrected chi connectivity index (χ3v) is 12.7. The molecule has 0 spiro atoms. The van der Waals surface area contributed by atoms with Gasteiger partial charge in [-0.2, -0.15) is 0 Å². The summed E-state index contributed by atoms with van der Waals surface area (Å²) >= 11 is 0. The maximum atomic E-state index is 5.27. The molecule has 4 heterocycles. The number of benzene rings is 7. The maximum absolute atomic E-state index is 5.27. The molecule has 64 heavy (non-hydrogen) atoms. The molecule has 298 valence electrons. The predicted molar refractivity (Wildman–Crippen MR) is 251 cm³/mol. The zero-order chi connectivity index (χ0) is 42.1. The van der Waals surface area contributed by atoms with Crippen molar-refractivity contribution in [3.8, 4) is 67.8 Å². The predicted octanol–water partition coefficient (Wildman–Crippen LogP) is 12.1. The summed E-state index contributed by atoms with van der Waals surface area (Å²) in [6.45, 7) is 0. The summed E-state index contributed by atoms with van der Waals surface area (Å²) in [6.07, 6.45) is 6.91. The van der Waals surface area contributed by atoms with Gasteiger partial charge < -0.3 is 0 Å². The van der Waals surface area contributed by atoms with Crippen molar-refractivity contribution < 1.29 is 0 Å². The number of hydrogen-bond donors (Lipinski definition) is 0. The van der Waals surface area contributed by atoms with E-state index < -0.39 is 0 Å². The van der Waals surface area contributed by atoms with Gasteiger partial charge in [-0.3, -0.25) is 19.9 Å². The van der Waals surface area contributed by atoms with E-state index in [1.807, 2.05) is 60.7 Å². The topological polar surface area (TPSA) is 103 Å². The van der Waals surface area contributed by atoms with Crippen LogP contribution >= 0.6 is 0 Å². The van der Waals surface area contributed by atoms with E-state index in [1.165, 1.54) is 33.4 Å². The zero-order valence-corrected chi connectivity index (χ0v) is 34.2. The Kier molecular flexibility index (Phi) is 8.17. The number of hydrogen-bond acceptors (Lipinski definition) is 8. The molecule has 0 radical (unpaired) electrons. The van der Waals surface area contributed by atoms with Crippen LogP contribution in [0.15, 0.2) is 195 Å². The van der Waals surface area contributed by atoms with E-state index in [-0.39, 0.29) is 11.8 Å². The fraction of sp³-hybridized carbons (Fsp3) is 0.0357. The van der Waals surface area contributed by atoms with Crippen molar-refractivity contribution in [1.29, 1.82) is 0 Å². The van der Waals surface area contributed by atoms with E-state index in [9.17, 15) is 0 Å². The fourth-order valence-corrected chi connectivity index (χ4v) is 9.84. The summed E-state index contributed by atoms with van der Waals surface area (Å²) in [6, 6.07) is 59.3. The van der Waals surface area contributed by atoms with Crippen LogP contribution in [0.5, 0.6) is 0 Å². The summed E-state index contributed by atoms with van der Waals surface area (Å²) in [7, 11) is 0. The lowest BCUT2D eigenvalue weighted by Crippen LogP contribution is -2.27. The quantitative estimate of drug-likeness (QED) is 0.163. The van der Waals surface area contributed by atoms with Crippen molar-refractivity contribution in [2.75, 3.05) is 0 Å². The first-order valence-corrected chi connectivity index (χ1v) is 21.4. The molecule has 8 heteroatoms. The highest BCUT2D eigenvalue weighted by molar-refractivity contribution is 5.92. The summed E-state index contributed by atoms with van der Waals surface area (Å²) in [5, 5.41) is 0. The minimum atomic E-state index is 0.0201. The Morgan fingerprint density at radius 1 is 0.281 bits per heavy atom. The molecule has 11 aromatic rings. The first-order valence-electron chi connectivity index (χ1n) is 21.4. The molecule has 7 aromatic carbocycles. The molecule has 0 N–H and O–H groups in total. The summed E-state index contributed by atoms with van der Waals surface area (Å²) in [5.74, 6) is 1.36. The van der Waals surface area contributed by atoms with Crippen LogP contribution in [-0.2, 0) is 0 Å². The highest BCUT2D eigenvalue weighted by atomic mass is 14.9. The molecule has 0 saturated heterocycles. The third kappa shape index (κ3) is 5.84. The molecule has 8 nitrogen and oxygen atoms in total. The second-order valence-corrected chi connectivity index (χ2v) is 16.3. The summed E-state index contributed by atoms with van der Waals surface area (Å²) in [4.78, 5) is 39.6. The Morgan fingerprint density at radius 2 is 0.688 bits per heavy atom. The molecule has 2 bridgehead atoms. The number of rotatable bonds is 6. The van der Waals surface area contributed by atoms with Crippen LogP contribution in [0, 0.1) is 0 Å². The Bertz CT molecular complexity index is 3400. The second-order valence-electron chi connectivity index (χ2n) is 16.3. The van der Waals surface area contributed by atoms with Gasteiger partial charge >= 0.3 is 0 Å². The Hall–Kier alpha value is -8.62. The van der Waals surface area contributed by atoms with E-state index in [4.69, 9.17) is 29.9 Å². The molecule has 4 aromatic heterocycles. The minimum Gasteiger partial charge on any atom is -0.253 e. The minimum absolute atomic E-state index is 0.0201. The van der Waals surface area contributed by atoms with Gasteiger partial charge in [0, 0.05) is 70.0 Å². The number of nitrogens with zero attached hydrogens (tertiary/aromatic N) is 8. The summed E-state index contributed by atoms with van der Waals surface area (Å²) in [5.41, 5.74) is 20.1. The van der Waals surface area contributed by atoms with Gasteiger partial charge in [0.15, 0.2) is 11.6 Å². The van der Waals surface area contributed by atoms with Crippen molar-refractivity contribution in [2.24, 2.45) is 0 Å². The van der Waals surface area contributed by atoms with E-state index >= 15 is 0 Å². The van der Waals surface area contributed by atoms with Crippen LogP contribution in [0.4, 0.5) is 0 Å². The van der Waals surface area contributed by atoms with E-state index in [2.05, 4.69) is 119 Å². The largest absolute Gasteiger partial charge is 0.253 e. The van der Waals surface area contributed by atoms with Gasteiger partial charge in [0.1, 0.15) is 0 Å². The lowest BCUT2D eigenvalue weighted by Gasteiger charge is -2.42. The normalized spacial score (nSPS) is 14.6. The van der Waals surface area contributed by atoms with Crippen molar-refractivity contribution in [2.45, 2.75) is 11.8 Å². The standard InChI is InChI=1S/C56H34N8/c1-3-11-33(12-4-1)47-31-49(41-17-9-19-45-53(41)59-27-25-57-45)63-55(61-47)35-21-23-39-43(29-35)51-37-15-7-8-16-38(37)52(39)44-30-36(22-24-40(44)51)56-62-48(34-13-5-2-6-14-34)32-50(64-56)42-18-10-20-46-54(42)60-28-26-58-46/h1-32,51-52H. The smallest absolute Gasteiger partial charge is 0.160 e. The Labute approximate surface area is 368 Å². The average molecular weight is 819 g/mol. The molecular formula is C56H34N8. The number of para-hydroxylation sites is 2. The monoisotopic (exact) mass is 818 g/mol. The van der Waals surface area contributed by atoms with Gasteiger partial charge in [0.05, 0.1) is 44.8 Å². The van der Waals surface area contributed by atoms with Gasteiger partial charge in [-0.1, -0.05) is 133 Å². The number of aromatic nitrogens is 8. The van der Waals surface area contributed by atoms with Gasteiger partial charge in [0.2, 0.25) is 0 Å². The zero-order valence-electron chi connectivity index (χ0n) is 34.2. The molecule has 0 amide bonds. The van der Waals surface area contributed by atoms with Crippen LogP contribution < -0.4 is 0 Å². The van der Waals surface area contributed by atoms with E-state index in [0.29, 0.717) is 11.6 Å². The highest BCUT2D eigenvalue weighted by Crippen LogP contribution is 2.56. The lowest BCUT2D eigenvalue weighted by atomic mass is 9.61. The molecule has 2 atom stereocenters. The second kappa shape index (κ2) is 14.5.